The summed E-state index contributed by atoms with van der Waals surface area (Å²) in [6.45, 7) is 1.91. The van der Waals surface area contributed by atoms with Crippen molar-refractivity contribution < 1.29 is 15.0 Å². The first-order chi connectivity index (χ1) is 14.3. The van der Waals surface area contributed by atoms with E-state index >= 15 is 0 Å². The third-order valence-electron chi connectivity index (χ3n) is 5.00. The molecule has 9 heteroatoms. The molecule has 0 saturated heterocycles. The van der Waals surface area contributed by atoms with E-state index in [1.54, 1.807) is 35.5 Å². The number of thiol groups is 1. The van der Waals surface area contributed by atoms with Crippen molar-refractivity contribution in [3.8, 4) is 28.6 Å². The number of rotatable bonds is 3. The normalized spacial score (nSPS) is 11.2. The van der Waals surface area contributed by atoms with Crippen molar-refractivity contribution >= 4 is 29.6 Å². The Morgan fingerprint density at radius 1 is 1.13 bits per heavy atom. The van der Waals surface area contributed by atoms with Gasteiger partial charge in [-0.15, -0.1) is 22.8 Å². The summed E-state index contributed by atoms with van der Waals surface area (Å²) in [5.74, 6) is 0.294. The monoisotopic (exact) mass is 423 g/mol. The van der Waals surface area contributed by atoms with E-state index in [1.807, 2.05) is 31.2 Å². The van der Waals surface area contributed by atoms with Crippen LogP contribution in [0.2, 0.25) is 0 Å². The second-order valence-electron chi connectivity index (χ2n) is 7.08. The zero-order chi connectivity index (χ0) is 21.6. The van der Waals surface area contributed by atoms with Gasteiger partial charge in [-0.2, -0.15) is 0 Å². The Morgan fingerprint density at radius 2 is 1.90 bits per heavy atom. The first-order valence-corrected chi connectivity index (χ1v) is 9.80. The van der Waals surface area contributed by atoms with E-state index < -0.39 is 0 Å². The van der Waals surface area contributed by atoms with Crippen molar-refractivity contribution in [1.82, 2.24) is 24.2 Å². The van der Waals surface area contributed by atoms with Gasteiger partial charge in [-0.3, -0.25) is 9.13 Å². The van der Waals surface area contributed by atoms with E-state index in [1.165, 1.54) is 11.0 Å². The van der Waals surface area contributed by atoms with E-state index in [-0.39, 0.29) is 17.5 Å². The minimum absolute atomic E-state index is 0.0253. The van der Waals surface area contributed by atoms with Gasteiger partial charge in [0, 0.05) is 31.7 Å². The number of hydrogen-bond donors (Lipinski definition) is 3. The lowest BCUT2D eigenvalue weighted by Gasteiger charge is -2.14. The molecule has 0 radical (unpaired) electrons. The van der Waals surface area contributed by atoms with E-state index in [4.69, 9.17) is 0 Å². The molecular weight excluding hydrogens is 402 g/mol. The topological polar surface area (TPSA) is 96.4 Å². The number of phenolic OH excluding ortho intramolecular Hbond substituents is 2. The van der Waals surface area contributed by atoms with E-state index in [0.717, 1.165) is 10.9 Å². The number of benzene rings is 2. The molecule has 0 saturated carbocycles. The van der Waals surface area contributed by atoms with Crippen molar-refractivity contribution in [1.29, 1.82) is 0 Å². The molecule has 0 unspecified atom stereocenters. The first-order valence-electron chi connectivity index (χ1n) is 9.35. The number of phenols is 2. The zero-order valence-corrected chi connectivity index (χ0v) is 17.6. The Kier molecular flexibility index (Phi) is 4.90. The van der Waals surface area contributed by atoms with Crippen LogP contribution in [0, 0.1) is 0 Å². The van der Waals surface area contributed by atoms with Crippen molar-refractivity contribution in [2.45, 2.75) is 18.5 Å². The minimum atomic E-state index is -0.166. The Hall–Kier alpha value is -3.46. The smallest absolute Gasteiger partial charge is 0.328 e. The molecule has 4 aromatic rings. The molecule has 0 aliphatic rings. The van der Waals surface area contributed by atoms with Gasteiger partial charge in [0.2, 0.25) is 0 Å². The van der Waals surface area contributed by atoms with Crippen LogP contribution in [0.25, 0.3) is 28.0 Å². The summed E-state index contributed by atoms with van der Waals surface area (Å²) in [7, 11) is 3.39. The fraction of sp³-hybridized carbons (Fsp3) is 0.190. The Balaban J connectivity index is 1.96. The van der Waals surface area contributed by atoms with Crippen LogP contribution < -0.4 is 0 Å². The van der Waals surface area contributed by atoms with Crippen molar-refractivity contribution in [2.24, 2.45) is 0 Å². The van der Waals surface area contributed by atoms with Crippen molar-refractivity contribution in [2.75, 3.05) is 14.1 Å². The maximum absolute atomic E-state index is 12.5. The van der Waals surface area contributed by atoms with E-state index in [0.29, 0.717) is 34.2 Å². The maximum atomic E-state index is 12.5. The highest BCUT2D eigenvalue weighted by Gasteiger charge is 2.21. The summed E-state index contributed by atoms with van der Waals surface area (Å²) in [5.41, 5.74) is 2.55. The molecule has 0 aliphatic carbocycles. The van der Waals surface area contributed by atoms with Crippen LogP contribution in [0.4, 0.5) is 4.79 Å². The third-order valence-corrected chi connectivity index (χ3v) is 5.29. The van der Waals surface area contributed by atoms with Crippen LogP contribution in [0.15, 0.2) is 47.8 Å². The molecule has 154 valence electrons. The summed E-state index contributed by atoms with van der Waals surface area (Å²) < 4.78 is 3.27. The Labute approximate surface area is 178 Å². The fourth-order valence-electron chi connectivity index (χ4n) is 3.49. The minimum Gasteiger partial charge on any atom is -0.508 e. The number of aromatic hydroxyl groups is 2. The highest BCUT2D eigenvalue weighted by atomic mass is 32.1. The molecule has 0 atom stereocenters. The van der Waals surface area contributed by atoms with Gasteiger partial charge in [0.25, 0.3) is 0 Å². The summed E-state index contributed by atoms with van der Waals surface area (Å²) in [6, 6.07) is 10.2. The number of amides is 1. The molecule has 8 nitrogen and oxygen atoms in total. The fourth-order valence-corrected chi connectivity index (χ4v) is 3.73. The summed E-state index contributed by atoms with van der Waals surface area (Å²) in [4.78, 5) is 14.0. The predicted octanol–water partition coefficient (Wildman–Crippen LogP) is 3.68. The second-order valence-corrected chi connectivity index (χ2v) is 7.48. The predicted molar refractivity (Wildman–Crippen MR) is 117 cm³/mol. The van der Waals surface area contributed by atoms with E-state index in [2.05, 4.69) is 22.8 Å². The van der Waals surface area contributed by atoms with Gasteiger partial charge in [-0.05, 0) is 36.2 Å². The quantitative estimate of drug-likeness (QED) is 0.437. The average Bonchev–Trinajstić information content (AvgIpc) is 3.31. The number of fused-ring (bicyclic) bond motifs is 1. The Morgan fingerprint density at radius 3 is 2.60 bits per heavy atom. The van der Waals surface area contributed by atoms with Crippen molar-refractivity contribution in [3.05, 3.63) is 48.2 Å². The van der Waals surface area contributed by atoms with Crippen LogP contribution in [0.1, 0.15) is 12.5 Å². The van der Waals surface area contributed by atoms with Gasteiger partial charge in [0.05, 0.1) is 16.8 Å². The SMILES string of the molecule is CCc1cc(-c2nnc(S)n2-c2cccc3c2ccn3C(=O)N(C)C)c(O)cc1O. The number of aromatic nitrogens is 4. The highest BCUT2D eigenvalue weighted by Crippen LogP contribution is 2.37. The lowest BCUT2D eigenvalue weighted by Crippen LogP contribution is -2.26. The van der Waals surface area contributed by atoms with Gasteiger partial charge >= 0.3 is 6.03 Å². The molecule has 2 aromatic heterocycles. The molecule has 0 spiro atoms. The summed E-state index contributed by atoms with van der Waals surface area (Å²) in [5, 5.41) is 30.0. The number of carbonyl (C=O) groups is 1. The average molecular weight is 423 g/mol. The number of hydrogen-bond acceptors (Lipinski definition) is 6. The highest BCUT2D eigenvalue weighted by molar-refractivity contribution is 7.80. The van der Waals surface area contributed by atoms with Crippen molar-refractivity contribution in [3.63, 3.8) is 0 Å². The lowest BCUT2D eigenvalue weighted by molar-refractivity contribution is 0.220. The molecule has 0 fully saturated rings. The first kappa shape index (κ1) is 19.8. The molecule has 0 aliphatic heterocycles. The molecule has 2 aromatic carbocycles. The van der Waals surface area contributed by atoms with Gasteiger partial charge in [0.15, 0.2) is 11.0 Å². The number of nitrogens with zero attached hydrogens (tertiary/aromatic N) is 5. The number of carbonyl (C=O) groups excluding carboxylic acids is 1. The molecule has 2 heterocycles. The maximum Gasteiger partial charge on any atom is 0.328 e. The van der Waals surface area contributed by atoms with Crippen LogP contribution in [0.5, 0.6) is 11.5 Å². The van der Waals surface area contributed by atoms with Crippen LogP contribution >= 0.6 is 12.6 Å². The summed E-state index contributed by atoms with van der Waals surface area (Å²) >= 11 is 4.47. The largest absolute Gasteiger partial charge is 0.508 e. The molecule has 1 amide bonds. The molecular formula is C21H21N5O3S. The lowest BCUT2D eigenvalue weighted by atomic mass is 10.1. The van der Waals surface area contributed by atoms with Gasteiger partial charge in [-0.1, -0.05) is 13.0 Å². The Bertz CT molecular complexity index is 1280. The van der Waals surface area contributed by atoms with Gasteiger partial charge in [0.1, 0.15) is 11.5 Å². The summed E-state index contributed by atoms with van der Waals surface area (Å²) in [6.07, 6.45) is 2.30. The van der Waals surface area contributed by atoms with Gasteiger partial charge in [-0.25, -0.2) is 4.79 Å². The standard InChI is InChI=1S/C21H21N5O3S/c1-4-12-10-14(18(28)11-17(12)27)19-22-23-20(30)26(19)16-7-5-6-15-13(16)8-9-25(15)21(29)24(2)3/h5-11,27-28H,4H2,1-3H3,(H,23,30). The third kappa shape index (κ3) is 3.07. The number of aryl methyl sites for hydroxylation is 1. The molecule has 4 rings (SSSR count). The van der Waals surface area contributed by atoms with E-state index in [9.17, 15) is 15.0 Å². The van der Waals surface area contributed by atoms with Gasteiger partial charge < -0.3 is 15.1 Å². The zero-order valence-electron chi connectivity index (χ0n) is 16.7. The molecule has 2 N–H and O–H groups in total. The van der Waals surface area contributed by atoms with Crippen LogP contribution in [-0.2, 0) is 6.42 Å². The van der Waals surface area contributed by atoms with Crippen LogP contribution in [0.3, 0.4) is 0 Å². The van der Waals surface area contributed by atoms with Crippen LogP contribution in [-0.4, -0.2) is 54.6 Å². The second kappa shape index (κ2) is 7.42. The molecule has 30 heavy (non-hydrogen) atoms. The molecule has 0 bridgehead atoms.